The molecular formula is C33H46FN12O8S2+. The second kappa shape index (κ2) is 19.4. The number of likely N-dealkylation sites (tertiary alicyclic amines) is 1. The summed E-state index contributed by atoms with van der Waals surface area (Å²) in [5, 5.41) is 42.4. The molecule has 0 spiro atoms. The number of phenolic OH excluding ortho intramolecular Hbond substituents is 2. The van der Waals surface area contributed by atoms with E-state index in [2.05, 4.69) is 50.5 Å². The number of phenols is 2. The number of aromatic amines is 1. The molecule has 56 heavy (non-hydrogen) atoms. The van der Waals surface area contributed by atoms with Gasteiger partial charge in [-0.15, -0.1) is 22.0 Å². The zero-order valence-corrected chi connectivity index (χ0v) is 33.4. The molecule has 3 aromatic rings. The molecule has 6 rings (SSSR count). The normalized spacial score (nSPS) is 18.9. The number of quaternary nitrogens is 1. The fourth-order valence-corrected chi connectivity index (χ4v) is 8.02. The number of halogens is 1. The molecule has 1 aromatic carbocycles. The lowest BCUT2D eigenvalue weighted by Gasteiger charge is -2.50. The molecule has 23 heteroatoms. The second-order valence-corrected chi connectivity index (χ2v) is 14.0. The number of tetrazole rings is 1. The van der Waals surface area contributed by atoms with Crippen LogP contribution in [0.15, 0.2) is 22.9 Å². The molecule has 5 heterocycles. The predicted molar refractivity (Wildman–Crippen MR) is 203 cm³/mol. The van der Waals surface area contributed by atoms with E-state index < -0.39 is 69.8 Å². The highest BCUT2D eigenvalue weighted by molar-refractivity contribution is 8.00. The number of H-pyrrole nitrogens is 1. The summed E-state index contributed by atoms with van der Waals surface area (Å²) < 4.78 is 23.6. The van der Waals surface area contributed by atoms with Crippen LogP contribution >= 0.6 is 23.3 Å². The predicted octanol–water partition coefficient (Wildman–Crippen LogP) is 1.37. The van der Waals surface area contributed by atoms with E-state index in [1.54, 1.807) is 0 Å². The number of ether oxygens (including phenoxy) is 1. The van der Waals surface area contributed by atoms with Gasteiger partial charge in [-0.05, 0) is 24.3 Å². The van der Waals surface area contributed by atoms with E-state index in [1.807, 2.05) is 27.7 Å². The highest BCUT2D eigenvalue weighted by Crippen LogP contribution is 2.44. The Morgan fingerprint density at radius 1 is 1.20 bits per heavy atom. The van der Waals surface area contributed by atoms with Gasteiger partial charge in [0.1, 0.15) is 18.0 Å². The third-order valence-electron chi connectivity index (χ3n) is 8.85. The van der Waals surface area contributed by atoms with E-state index >= 15 is 0 Å². The number of hydrogen-bond donors (Lipinski definition) is 6. The van der Waals surface area contributed by atoms with Gasteiger partial charge in [0.25, 0.3) is 17.7 Å². The fraction of sp³-hybridized carbons (Fsp3) is 0.515. The van der Waals surface area contributed by atoms with Crippen molar-refractivity contribution in [2.45, 2.75) is 65.0 Å². The maximum absolute atomic E-state index is 14.4. The van der Waals surface area contributed by atoms with Crippen LogP contribution in [0.3, 0.4) is 0 Å². The smallest absolute Gasteiger partial charge is 0.349 e. The number of aromatic hydroxyl groups is 2. The van der Waals surface area contributed by atoms with Crippen molar-refractivity contribution in [3.8, 4) is 11.5 Å². The van der Waals surface area contributed by atoms with Crippen LogP contribution in [0.25, 0.3) is 5.70 Å². The van der Waals surface area contributed by atoms with Gasteiger partial charge in [-0.2, -0.15) is 14.6 Å². The molecule has 2 saturated heterocycles. The van der Waals surface area contributed by atoms with Crippen LogP contribution in [0, 0.1) is 5.82 Å². The fourth-order valence-electron chi connectivity index (χ4n) is 6.25. The highest BCUT2D eigenvalue weighted by atomic mass is 32.2. The number of oxime groups is 1. The number of methoxy groups -OCH3 is 1. The number of β-lactam (4-membered cyclic amide) rings is 1. The summed E-state index contributed by atoms with van der Waals surface area (Å²) in [6.45, 7) is 12.1. The van der Waals surface area contributed by atoms with Crippen molar-refractivity contribution >= 4 is 63.5 Å². The first-order valence-electron chi connectivity index (χ1n) is 17.9. The molecule has 0 saturated carbocycles. The van der Waals surface area contributed by atoms with Crippen molar-refractivity contribution in [1.29, 1.82) is 0 Å². The summed E-state index contributed by atoms with van der Waals surface area (Å²) in [5.74, 6) is -5.16. The number of nitrogens with one attached hydrogen (secondary N) is 3. The topological polar surface area (TPSA) is 273 Å². The number of rotatable bonds is 13. The van der Waals surface area contributed by atoms with Crippen molar-refractivity contribution < 1.29 is 47.8 Å². The van der Waals surface area contributed by atoms with E-state index in [4.69, 9.17) is 10.6 Å². The van der Waals surface area contributed by atoms with Gasteiger partial charge in [-0.1, -0.05) is 32.9 Å². The average molecular weight is 822 g/mol. The molecule has 3 atom stereocenters. The lowest BCUT2D eigenvalue weighted by molar-refractivity contribution is -0.911. The number of nitrogens with two attached hydrogens (primary N) is 1. The van der Waals surface area contributed by atoms with Crippen LogP contribution in [-0.4, -0.2) is 142 Å². The Morgan fingerprint density at radius 3 is 2.54 bits per heavy atom. The van der Waals surface area contributed by atoms with Crippen molar-refractivity contribution in [2.24, 2.45) is 5.16 Å². The Kier molecular flexibility index (Phi) is 15.0. The van der Waals surface area contributed by atoms with Gasteiger partial charge in [0.2, 0.25) is 23.5 Å². The van der Waals surface area contributed by atoms with Crippen molar-refractivity contribution in [3.63, 3.8) is 0 Å². The standard InChI is InChI=1S/C29H33FN12O8S2.2C2H6/c1-13(28(48)49-2)50-37-18(22-34-29(31)52-38-22)25(46)33-19-26(47)41-20(23-35-39-40-36-23)14(12-51-27(19)41)11-42(8-3-4-9-42)10-7-32-24(45)15-5-6-16(43)21(44)17(15)30;2*1-2/h5-6,13,19,27H,3-4,7-12H2,1-2H3,(H6-,31,32,33,34,35,36,37,38,39,40,43,44,45,46);2*1-2H3/p+1/t13?,19-,27-;;/m1../s1. The number of nitrogen functional groups attached to an aromatic ring is 1. The van der Waals surface area contributed by atoms with Crippen LogP contribution in [0.4, 0.5) is 9.52 Å². The molecule has 2 aromatic heterocycles. The van der Waals surface area contributed by atoms with E-state index in [0.29, 0.717) is 29.0 Å². The first kappa shape index (κ1) is 43.3. The van der Waals surface area contributed by atoms with Gasteiger partial charge in [-0.25, -0.2) is 9.18 Å². The number of benzene rings is 1. The van der Waals surface area contributed by atoms with E-state index in [0.717, 1.165) is 55.2 Å². The number of carbonyl (C=O) groups is 4. The maximum Gasteiger partial charge on any atom is 0.349 e. The van der Waals surface area contributed by atoms with Crippen LogP contribution in [0.1, 0.15) is 69.5 Å². The summed E-state index contributed by atoms with van der Waals surface area (Å²) in [6.07, 6.45) is 0.697. The number of carbonyl (C=O) groups excluding carboxylic acids is 4. The van der Waals surface area contributed by atoms with Gasteiger partial charge in [0, 0.05) is 35.7 Å². The van der Waals surface area contributed by atoms with Gasteiger partial charge < -0.3 is 40.6 Å². The van der Waals surface area contributed by atoms with Crippen LogP contribution in [0.2, 0.25) is 0 Å². The van der Waals surface area contributed by atoms with Gasteiger partial charge in [0.05, 0.1) is 44.5 Å². The van der Waals surface area contributed by atoms with Crippen LogP contribution < -0.4 is 16.4 Å². The Labute approximate surface area is 329 Å². The summed E-state index contributed by atoms with van der Waals surface area (Å²) in [6, 6.07) is 1.14. The van der Waals surface area contributed by atoms with Crippen molar-refractivity contribution in [3.05, 3.63) is 40.7 Å². The molecule has 304 valence electrons. The Bertz CT molecular complexity index is 1940. The number of esters is 1. The monoisotopic (exact) mass is 821 g/mol. The molecule has 0 bridgehead atoms. The summed E-state index contributed by atoms with van der Waals surface area (Å²) >= 11 is 2.24. The summed E-state index contributed by atoms with van der Waals surface area (Å²) in [4.78, 5) is 62.6. The lowest BCUT2D eigenvalue weighted by atomic mass is 10.0. The third kappa shape index (κ3) is 9.33. The van der Waals surface area contributed by atoms with E-state index in [9.17, 15) is 33.8 Å². The molecule has 1 unspecified atom stereocenters. The minimum Gasteiger partial charge on any atom is -0.504 e. The van der Waals surface area contributed by atoms with Crippen LogP contribution in [-0.2, 0) is 24.0 Å². The molecule has 0 aliphatic carbocycles. The minimum atomic E-state index is -1.21. The number of hydrogen-bond acceptors (Lipinski definition) is 17. The lowest BCUT2D eigenvalue weighted by Crippen LogP contribution is -2.70. The van der Waals surface area contributed by atoms with Crippen molar-refractivity contribution in [2.75, 3.05) is 51.3 Å². The first-order valence-corrected chi connectivity index (χ1v) is 19.7. The number of nitrogens with zero attached hydrogens (tertiary/aromatic N) is 8. The number of thioether (sulfide) groups is 1. The Balaban J connectivity index is 0.00000169. The number of fused-ring (bicyclic) bond motifs is 1. The molecular weight excluding hydrogens is 776 g/mol. The third-order valence-corrected chi connectivity index (χ3v) is 10.7. The van der Waals surface area contributed by atoms with E-state index in [1.165, 1.54) is 30.7 Å². The van der Waals surface area contributed by atoms with Gasteiger partial charge in [-0.3, -0.25) is 19.3 Å². The molecule has 3 amide bonds. The highest BCUT2D eigenvalue weighted by Gasteiger charge is 2.55. The minimum absolute atomic E-state index is 0.0556. The zero-order chi connectivity index (χ0) is 41.2. The van der Waals surface area contributed by atoms with Crippen molar-refractivity contribution in [1.82, 2.24) is 45.5 Å². The zero-order valence-electron chi connectivity index (χ0n) is 31.7. The maximum atomic E-state index is 14.4. The number of aromatic nitrogens is 6. The second-order valence-electron chi connectivity index (χ2n) is 12.1. The molecule has 20 nitrogen and oxygen atoms in total. The summed E-state index contributed by atoms with van der Waals surface area (Å²) in [7, 11) is 1.17. The SMILES string of the molecule is CC.CC.COC(=O)C(C)O/N=C(\C(=O)N[C@@H]1C(=O)N2C(c3nn[nH]n3)=C(C[N+]3(CCNC(=O)c4ccc(O)c(O)c4F)CCCC3)CS[C@H]12)c1nsc(N)n1. The summed E-state index contributed by atoms with van der Waals surface area (Å²) in [5.41, 5.74) is 6.24. The van der Waals surface area contributed by atoms with Crippen LogP contribution in [0.5, 0.6) is 11.5 Å². The average Bonchev–Trinajstić information content (AvgIpc) is 4.01. The Morgan fingerprint density at radius 2 is 1.91 bits per heavy atom. The van der Waals surface area contributed by atoms with Gasteiger partial charge >= 0.3 is 5.97 Å². The van der Waals surface area contributed by atoms with Gasteiger partial charge in [0.15, 0.2) is 22.4 Å². The molecule has 0 radical (unpaired) electrons. The number of amides is 3. The molecule has 2 fully saturated rings. The Hall–Kier alpha value is -5.42. The molecule has 3 aliphatic heterocycles. The largest absolute Gasteiger partial charge is 0.504 e. The quantitative estimate of drug-likeness (QED) is 0.0355. The van der Waals surface area contributed by atoms with E-state index in [-0.39, 0.29) is 23.3 Å². The number of anilines is 1. The molecule has 7 N–H and O–H groups in total. The molecule has 3 aliphatic rings. The first-order chi connectivity index (χ1) is 26.9.